The van der Waals surface area contributed by atoms with Crippen molar-refractivity contribution in [2.24, 2.45) is 0 Å². The highest BCUT2D eigenvalue weighted by Gasteiger charge is 2.30. The molecule has 5 rings (SSSR count). The molecule has 5 aromatic rings. The number of nitrogens with zero attached hydrogens (tertiary/aromatic N) is 6. The van der Waals surface area contributed by atoms with Gasteiger partial charge in [0.1, 0.15) is 11.7 Å². The van der Waals surface area contributed by atoms with Crippen LogP contribution in [0.2, 0.25) is 0 Å². The number of alkyl halides is 3. The third-order valence-corrected chi connectivity index (χ3v) is 5.98. The number of aromatic nitrogens is 6. The van der Waals surface area contributed by atoms with Crippen LogP contribution < -0.4 is 10.9 Å². The van der Waals surface area contributed by atoms with Crippen LogP contribution in [-0.4, -0.2) is 41.3 Å². The number of carbonyl (C=O) groups excluding carboxylic acids is 1. The molecule has 0 aliphatic carbocycles. The maximum atomic E-state index is 13.0. The van der Waals surface area contributed by atoms with E-state index in [4.69, 9.17) is 0 Å². The molecule has 194 valence electrons. The van der Waals surface area contributed by atoms with E-state index in [9.17, 15) is 22.8 Å². The van der Waals surface area contributed by atoms with Gasteiger partial charge < -0.3 is 9.88 Å². The van der Waals surface area contributed by atoms with Crippen LogP contribution in [0.4, 0.5) is 13.2 Å². The molecular formula is C26H22F3N7O2. The molecule has 0 bridgehead atoms. The van der Waals surface area contributed by atoms with Crippen LogP contribution in [0.15, 0.2) is 84.6 Å². The van der Waals surface area contributed by atoms with E-state index >= 15 is 0 Å². The van der Waals surface area contributed by atoms with Crippen molar-refractivity contribution < 1.29 is 18.0 Å². The summed E-state index contributed by atoms with van der Waals surface area (Å²) in [6, 6.07) is 12.1. The first-order valence-corrected chi connectivity index (χ1v) is 11.7. The van der Waals surface area contributed by atoms with Gasteiger partial charge in [-0.15, -0.1) is 0 Å². The fourth-order valence-corrected chi connectivity index (χ4v) is 4.05. The quantitative estimate of drug-likeness (QED) is 0.338. The van der Waals surface area contributed by atoms with Gasteiger partial charge in [0, 0.05) is 31.0 Å². The van der Waals surface area contributed by atoms with Gasteiger partial charge in [-0.25, -0.2) is 14.6 Å². The highest BCUT2D eigenvalue weighted by Crippen LogP contribution is 2.29. The number of hydrogen-bond donors (Lipinski definition) is 1. The summed E-state index contributed by atoms with van der Waals surface area (Å²) in [5.74, 6) is -0.243. The fraction of sp³-hybridized carbons (Fsp3) is 0.192. The van der Waals surface area contributed by atoms with Crippen molar-refractivity contribution in [2.45, 2.75) is 25.8 Å². The Morgan fingerprint density at radius 2 is 1.82 bits per heavy atom. The van der Waals surface area contributed by atoms with Crippen LogP contribution in [0.3, 0.4) is 0 Å². The van der Waals surface area contributed by atoms with Crippen LogP contribution in [0, 0.1) is 0 Å². The molecule has 38 heavy (non-hydrogen) atoms. The van der Waals surface area contributed by atoms with E-state index in [1.165, 1.54) is 33.9 Å². The predicted octanol–water partition coefficient (Wildman–Crippen LogP) is 3.33. The summed E-state index contributed by atoms with van der Waals surface area (Å²) in [5, 5.41) is 7.26. The lowest BCUT2D eigenvalue weighted by atomic mass is 10.1. The summed E-state index contributed by atoms with van der Waals surface area (Å²) in [5.41, 5.74) is 1.00. The van der Waals surface area contributed by atoms with Crippen molar-refractivity contribution in [3.05, 3.63) is 112 Å². The number of benzene rings is 2. The SMILES string of the molecule is O=C(NCCn1ncc2c(=O)n(Cc3cccc(C(F)(F)F)c3)cnc21)c1ccc(Cn2ccnc2)cc1. The van der Waals surface area contributed by atoms with Gasteiger partial charge in [0.2, 0.25) is 0 Å². The van der Waals surface area contributed by atoms with Crippen LogP contribution in [0.25, 0.3) is 11.0 Å². The molecule has 0 aliphatic heterocycles. The molecule has 1 N–H and O–H groups in total. The van der Waals surface area contributed by atoms with Crippen molar-refractivity contribution in [3.8, 4) is 0 Å². The zero-order valence-electron chi connectivity index (χ0n) is 20.0. The number of amides is 1. The van der Waals surface area contributed by atoms with Crippen LogP contribution in [-0.2, 0) is 25.8 Å². The lowest BCUT2D eigenvalue weighted by molar-refractivity contribution is -0.137. The number of nitrogens with one attached hydrogen (secondary N) is 1. The Morgan fingerprint density at radius 3 is 2.55 bits per heavy atom. The molecule has 3 heterocycles. The molecule has 0 radical (unpaired) electrons. The predicted molar refractivity (Wildman–Crippen MR) is 132 cm³/mol. The molecule has 0 saturated heterocycles. The summed E-state index contributed by atoms with van der Waals surface area (Å²) in [4.78, 5) is 33.7. The van der Waals surface area contributed by atoms with E-state index in [1.54, 1.807) is 24.7 Å². The van der Waals surface area contributed by atoms with Crippen molar-refractivity contribution >= 4 is 16.9 Å². The fourth-order valence-electron chi connectivity index (χ4n) is 4.05. The first-order chi connectivity index (χ1) is 18.3. The van der Waals surface area contributed by atoms with Crippen molar-refractivity contribution in [1.82, 2.24) is 34.2 Å². The number of imidazole rings is 1. The number of carbonyl (C=O) groups is 1. The van der Waals surface area contributed by atoms with Gasteiger partial charge in [-0.1, -0.05) is 24.3 Å². The molecule has 3 aromatic heterocycles. The van der Waals surface area contributed by atoms with E-state index in [0.29, 0.717) is 23.3 Å². The average molecular weight is 522 g/mol. The highest BCUT2D eigenvalue weighted by molar-refractivity contribution is 5.94. The summed E-state index contributed by atoms with van der Waals surface area (Å²) >= 11 is 0. The minimum atomic E-state index is -4.47. The van der Waals surface area contributed by atoms with E-state index in [-0.39, 0.29) is 30.9 Å². The standard InChI is InChI=1S/C26H22F3N7O2/c27-26(28,29)21-3-1-2-19(12-21)15-35-17-32-23-22(25(35)38)13-33-36(23)11-9-31-24(37)20-6-4-18(5-7-20)14-34-10-8-30-16-34/h1-8,10,12-13,16-17H,9,11,14-15H2,(H,31,37). The zero-order valence-corrected chi connectivity index (χ0v) is 20.0. The average Bonchev–Trinajstić information content (AvgIpc) is 3.56. The molecule has 1 amide bonds. The minimum absolute atomic E-state index is 0.0615. The molecule has 0 fully saturated rings. The third-order valence-electron chi connectivity index (χ3n) is 5.98. The number of fused-ring (bicyclic) bond motifs is 1. The summed E-state index contributed by atoms with van der Waals surface area (Å²) in [6.07, 6.45) is 3.47. The number of rotatable bonds is 8. The van der Waals surface area contributed by atoms with E-state index in [2.05, 4.69) is 20.4 Å². The molecule has 2 aromatic carbocycles. The first kappa shape index (κ1) is 24.9. The largest absolute Gasteiger partial charge is 0.416 e. The van der Waals surface area contributed by atoms with Crippen molar-refractivity contribution in [1.29, 1.82) is 0 Å². The van der Waals surface area contributed by atoms with Crippen molar-refractivity contribution in [3.63, 3.8) is 0 Å². The van der Waals surface area contributed by atoms with Crippen LogP contribution in [0.5, 0.6) is 0 Å². The Kier molecular flexibility index (Phi) is 6.77. The van der Waals surface area contributed by atoms with E-state index in [1.807, 2.05) is 22.9 Å². The first-order valence-electron chi connectivity index (χ1n) is 11.7. The lowest BCUT2D eigenvalue weighted by Crippen LogP contribution is -2.27. The normalized spacial score (nSPS) is 11.7. The molecule has 0 atom stereocenters. The zero-order chi connectivity index (χ0) is 26.7. The Balaban J connectivity index is 1.21. The third kappa shape index (κ3) is 5.48. The molecule has 0 saturated carbocycles. The molecule has 0 unspecified atom stereocenters. The molecule has 12 heteroatoms. The Morgan fingerprint density at radius 1 is 1.00 bits per heavy atom. The maximum absolute atomic E-state index is 13.0. The summed E-state index contributed by atoms with van der Waals surface area (Å²) in [7, 11) is 0. The molecule has 0 aliphatic rings. The number of hydrogen-bond acceptors (Lipinski definition) is 5. The maximum Gasteiger partial charge on any atom is 0.416 e. The smallest absolute Gasteiger partial charge is 0.350 e. The second-order valence-corrected chi connectivity index (χ2v) is 8.67. The van der Waals surface area contributed by atoms with Gasteiger partial charge in [-0.3, -0.25) is 14.2 Å². The topological polar surface area (TPSA) is 99.6 Å². The second-order valence-electron chi connectivity index (χ2n) is 8.67. The van der Waals surface area contributed by atoms with Gasteiger partial charge in [0.15, 0.2) is 5.65 Å². The highest BCUT2D eigenvalue weighted by atomic mass is 19.4. The lowest BCUT2D eigenvalue weighted by Gasteiger charge is -2.10. The minimum Gasteiger partial charge on any atom is -0.350 e. The van der Waals surface area contributed by atoms with Gasteiger partial charge in [0.25, 0.3) is 11.5 Å². The molecular weight excluding hydrogens is 499 g/mol. The van der Waals surface area contributed by atoms with Crippen LogP contribution >= 0.6 is 0 Å². The molecule has 9 nitrogen and oxygen atoms in total. The van der Waals surface area contributed by atoms with Gasteiger partial charge >= 0.3 is 6.18 Å². The number of halogens is 3. The Labute approximate surface area is 214 Å². The van der Waals surface area contributed by atoms with E-state index in [0.717, 1.165) is 17.7 Å². The van der Waals surface area contributed by atoms with Crippen molar-refractivity contribution in [2.75, 3.05) is 6.54 Å². The summed E-state index contributed by atoms with van der Waals surface area (Å²) in [6.45, 7) is 1.12. The van der Waals surface area contributed by atoms with Crippen LogP contribution in [0.1, 0.15) is 27.0 Å². The summed E-state index contributed by atoms with van der Waals surface area (Å²) < 4.78 is 43.7. The van der Waals surface area contributed by atoms with E-state index < -0.39 is 17.3 Å². The van der Waals surface area contributed by atoms with Gasteiger partial charge in [-0.2, -0.15) is 18.3 Å². The van der Waals surface area contributed by atoms with Gasteiger partial charge in [-0.05, 0) is 35.4 Å². The molecule has 0 spiro atoms. The Hall–Kier alpha value is -4.74. The second kappa shape index (κ2) is 10.3. The Bertz CT molecular complexity index is 1620. The van der Waals surface area contributed by atoms with Gasteiger partial charge in [0.05, 0.1) is 31.2 Å². The monoisotopic (exact) mass is 521 g/mol.